The van der Waals surface area contributed by atoms with Crippen LogP contribution in [0.5, 0.6) is 5.75 Å². The molecule has 1 atom stereocenters. The van der Waals surface area contributed by atoms with Crippen molar-refractivity contribution in [3.8, 4) is 5.75 Å². The average molecular weight is 338 g/mol. The standard InChI is InChI=1S/C18H28NO3P/c19-14-10-16-6-8-17(9-7-16)22-15-5-4-13-18(23(20)21)11-2-1-3-12-18/h6-9H,1-5,10-15,19H2/p+1. The first kappa shape index (κ1) is 18.4. The lowest BCUT2D eigenvalue weighted by Crippen LogP contribution is -2.27. The molecule has 0 spiro atoms. The number of nitrogens with two attached hydrogens (primary N) is 1. The molecule has 23 heavy (non-hydrogen) atoms. The molecular weight excluding hydrogens is 309 g/mol. The van der Waals surface area contributed by atoms with E-state index in [4.69, 9.17) is 10.5 Å². The largest absolute Gasteiger partial charge is 0.511 e. The van der Waals surface area contributed by atoms with Gasteiger partial charge >= 0.3 is 8.03 Å². The second kappa shape index (κ2) is 9.36. The molecule has 2 rings (SSSR count). The van der Waals surface area contributed by atoms with Crippen LogP contribution in [0.4, 0.5) is 0 Å². The molecular formula is C18H29NO3P+. The van der Waals surface area contributed by atoms with Gasteiger partial charge in [0.2, 0.25) is 0 Å². The number of unbranched alkanes of at least 4 members (excludes halogenated alkanes) is 1. The number of hydrogen-bond acceptors (Lipinski definition) is 3. The fourth-order valence-corrected chi connectivity index (χ4v) is 4.46. The predicted molar refractivity (Wildman–Crippen MR) is 94.2 cm³/mol. The summed E-state index contributed by atoms with van der Waals surface area (Å²) in [6.45, 7) is 1.32. The summed E-state index contributed by atoms with van der Waals surface area (Å²) in [4.78, 5) is 9.70. The molecule has 5 heteroatoms. The van der Waals surface area contributed by atoms with E-state index in [1.165, 1.54) is 12.0 Å². The Labute approximate surface area is 140 Å². The van der Waals surface area contributed by atoms with E-state index in [9.17, 15) is 9.46 Å². The van der Waals surface area contributed by atoms with E-state index in [2.05, 4.69) is 12.1 Å². The van der Waals surface area contributed by atoms with Crippen molar-refractivity contribution in [2.45, 2.75) is 62.9 Å². The molecule has 1 aliphatic carbocycles. The summed E-state index contributed by atoms with van der Waals surface area (Å²) in [6.07, 6.45) is 8.81. The van der Waals surface area contributed by atoms with Crippen molar-refractivity contribution in [3.05, 3.63) is 29.8 Å². The second-order valence-electron chi connectivity index (χ2n) is 6.55. The third kappa shape index (κ3) is 5.56. The van der Waals surface area contributed by atoms with E-state index in [1.807, 2.05) is 12.1 Å². The highest BCUT2D eigenvalue weighted by molar-refractivity contribution is 7.40. The van der Waals surface area contributed by atoms with Crippen molar-refractivity contribution in [3.63, 3.8) is 0 Å². The van der Waals surface area contributed by atoms with Gasteiger partial charge in [0, 0.05) is 0 Å². The maximum atomic E-state index is 11.8. The van der Waals surface area contributed by atoms with Crippen molar-refractivity contribution in [2.24, 2.45) is 5.73 Å². The van der Waals surface area contributed by atoms with Crippen molar-refractivity contribution in [1.82, 2.24) is 0 Å². The lowest BCUT2D eigenvalue weighted by Gasteiger charge is -2.25. The van der Waals surface area contributed by atoms with Gasteiger partial charge in [0.05, 0.1) is 6.61 Å². The van der Waals surface area contributed by atoms with Gasteiger partial charge in [-0.1, -0.05) is 18.6 Å². The van der Waals surface area contributed by atoms with E-state index >= 15 is 0 Å². The zero-order chi connectivity index (χ0) is 16.5. The summed E-state index contributed by atoms with van der Waals surface area (Å²) in [7, 11) is -2.08. The summed E-state index contributed by atoms with van der Waals surface area (Å²) >= 11 is 0. The van der Waals surface area contributed by atoms with Crippen LogP contribution in [0.15, 0.2) is 24.3 Å². The normalized spacial score (nSPS) is 17.7. The molecule has 1 aromatic carbocycles. The molecule has 1 unspecified atom stereocenters. The fourth-order valence-electron chi connectivity index (χ4n) is 3.41. The van der Waals surface area contributed by atoms with Crippen LogP contribution in [0.3, 0.4) is 0 Å². The zero-order valence-electron chi connectivity index (χ0n) is 13.9. The molecule has 1 fully saturated rings. The van der Waals surface area contributed by atoms with Gasteiger partial charge in [0.15, 0.2) is 5.16 Å². The first-order valence-corrected chi connectivity index (χ1v) is 9.96. The Bertz CT molecular complexity index is 484. The van der Waals surface area contributed by atoms with E-state index in [0.717, 1.165) is 57.1 Å². The highest BCUT2D eigenvalue weighted by atomic mass is 31.1. The first-order chi connectivity index (χ1) is 11.2. The number of ether oxygens (including phenoxy) is 1. The molecule has 0 bridgehead atoms. The number of benzene rings is 1. The zero-order valence-corrected chi connectivity index (χ0v) is 14.8. The minimum Gasteiger partial charge on any atom is -0.494 e. The molecule has 0 amide bonds. The summed E-state index contributed by atoms with van der Waals surface area (Å²) < 4.78 is 17.5. The summed E-state index contributed by atoms with van der Waals surface area (Å²) in [5.41, 5.74) is 6.76. The van der Waals surface area contributed by atoms with Crippen LogP contribution in [0.1, 0.15) is 56.9 Å². The van der Waals surface area contributed by atoms with Gasteiger partial charge in [0.1, 0.15) is 5.75 Å². The molecule has 0 heterocycles. The van der Waals surface area contributed by atoms with Crippen LogP contribution in [0.25, 0.3) is 0 Å². The molecule has 0 aromatic heterocycles. The van der Waals surface area contributed by atoms with Gasteiger partial charge in [-0.05, 0) is 80.2 Å². The Balaban J connectivity index is 1.69. The molecule has 1 saturated carbocycles. The Morgan fingerprint density at radius 3 is 2.43 bits per heavy atom. The quantitative estimate of drug-likeness (QED) is 0.523. The van der Waals surface area contributed by atoms with Gasteiger partial charge in [0.25, 0.3) is 0 Å². The Morgan fingerprint density at radius 1 is 1.13 bits per heavy atom. The molecule has 1 aromatic rings. The van der Waals surface area contributed by atoms with Gasteiger partial charge in [-0.15, -0.1) is 0 Å². The molecule has 0 radical (unpaired) electrons. The smallest absolute Gasteiger partial charge is 0.494 e. The van der Waals surface area contributed by atoms with Crippen molar-refractivity contribution >= 4 is 8.03 Å². The first-order valence-electron chi connectivity index (χ1n) is 8.74. The number of rotatable bonds is 9. The van der Waals surface area contributed by atoms with Gasteiger partial charge in [-0.2, -0.15) is 4.89 Å². The molecule has 0 aliphatic heterocycles. The van der Waals surface area contributed by atoms with E-state index in [1.54, 1.807) is 0 Å². The van der Waals surface area contributed by atoms with Crippen molar-refractivity contribution in [2.75, 3.05) is 13.2 Å². The molecule has 1 aliphatic rings. The van der Waals surface area contributed by atoms with Gasteiger partial charge < -0.3 is 10.5 Å². The lowest BCUT2D eigenvalue weighted by molar-refractivity contribution is 0.285. The van der Waals surface area contributed by atoms with E-state index in [-0.39, 0.29) is 5.16 Å². The van der Waals surface area contributed by atoms with Crippen LogP contribution in [0, 0.1) is 0 Å². The Kier molecular flexibility index (Phi) is 7.48. The van der Waals surface area contributed by atoms with Crippen LogP contribution in [0.2, 0.25) is 0 Å². The summed E-state index contributed by atoms with van der Waals surface area (Å²) in [5.74, 6) is 0.881. The maximum absolute atomic E-state index is 11.8. The summed E-state index contributed by atoms with van der Waals surface area (Å²) in [6, 6.07) is 8.07. The van der Waals surface area contributed by atoms with Crippen LogP contribution in [-0.2, 0) is 11.0 Å². The van der Waals surface area contributed by atoms with E-state index in [0.29, 0.717) is 13.2 Å². The third-order valence-electron chi connectivity index (χ3n) is 4.85. The SMILES string of the molecule is NCCc1ccc(OCCCCC2([P+](=O)O)CCCCC2)cc1. The van der Waals surface area contributed by atoms with Crippen molar-refractivity contribution < 1.29 is 14.2 Å². The lowest BCUT2D eigenvalue weighted by atomic mass is 9.84. The topological polar surface area (TPSA) is 72.5 Å². The van der Waals surface area contributed by atoms with Gasteiger partial charge in [-0.25, -0.2) is 0 Å². The van der Waals surface area contributed by atoms with Crippen LogP contribution < -0.4 is 10.5 Å². The summed E-state index contributed by atoms with van der Waals surface area (Å²) in [5, 5.41) is -0.322. The van der Waals surface area contributed by atoms with Crippen molar-refractivity contribution in [1.29, 1.82) is 0 Å². The minimum absolute atomic E-state index is 0.322. The molecule has 3 N–H and O–H groups in total. The van der Waals surface area contributed by atoms with Crippen LogP contribution in [-0.4, -0.2) is 23.2 Å². The maximum Gasteiger partial charge on any atom is 0.511 e. The molecule has 0 saturated heterocycles. The van der Waals surface area contributed by atoms with E-state index < -0.39 is 8.03 Å². The third-order valence-corrected chi connectivity index (χ3v) is 6.33. The monoisotopic (exact) mass is 338 g/mol. The van der Waals surface area contributed by atoms with Gasteiger partial charge in [-0.3, -0.25) is 0 Å². The number of hydrogen-bond donors (Lipinski definition) is 2. The Morgan fingerprint density at radius 2 is 1.83 bits per heavy atom. The average Bonchev–Trinajstić information content (AvgIpc) is 2.57. The predicted octanol–water partition coefficient (Wildman–Crippen LogP) is 4.17. The molecule has 4 nitrogen and oxygen atoms in total. The second-order valence-corrected chi connectivity index (χ2v) is 8.04. The fraction of sp³-hybridized carbons (Fsp3) is 0.667. The Hall–Kier alpha value is -0.960. The molecule has 128 valence electrons. The highest BCUT2D eigenvalue weighted by Gasteiger charge is 2.48. The van der Waals surface area contributed by atoms with Crippen LogP contribution >= 0.6 is 8.03 Å². The highest BCUT2D eigenvalue weighted by Crippen LogP contribution is 2.49. The minimum atomic E-state index is -2.08.